The molecule has 0 aromatic heterocycles. The van der Waals surface area contributed by atoms with Gasteiger partial charge in [-0.05, 0) is 24.6 Å². The van der Waals surface area contributed by atoms with Crippen molar-refractivity contribution in [2.24, 2.45) is 0 Å². The summed E-state index contributed by atoms with van der Waals surface area (Å²) in [7, 11) is 3.13. The molecule has 0 bridgehead atoms. The lowest BCUT2D eigenvalue weighted by Gasteiger charge is -2.15. The third-order valence-corrected chi connectivity index (χ3v) is 3.20. The minimum Gasteiger partial charge on any atom is -0.493 e. The predicted octanol–water partition coefficient (Wildman–Crippen LogP) is 0.547. The van der Waals surface area contributed by atoms with Crippen LogP contribution < -0.4 is 25.0 Å². The van der Waals surface area contributed by atoms with Gasteiger partial charge in [-0.3, -0.25) is 10.1 Å². The maximum Gasteiger partial charge on any atom is 0.387 e. The number of quaternary nitrogens is 1. The lowest BCUT2D eigenvalue weighted by molar-refractivity contribution is -0.885. The number of hydrogen-bond donors (Lipinski definition) is 3. The van der Waals surface area contributed by atoms with Crippen LogP contribution in [0.2, 0.25) is 0 Å². The summed E-state index contributed by atoms with van der Waals surface area (Å²) < 4.78 is 34.0. The monoisotopic (exact) mass is 360 g/mol. The number of hydrogen-bond acceptors (Lipinski definition) is 4. The van der Waals surface area contributed by atoms with Gasteiger partial charge in [-0.25, -0.2) is 4.79 Å². The van der Waals surface area contributed by atoms with Crippen molar-refractivity contribution in [3.05, 3.63) is 23.8 Å². The van der Waals surface area contributed by atoms with Crippen molar-refractivity contribution in [1.82, 2.24) is 10.6 Å². The van der Waals surface area contributed by atoms with Crippen LogP contribution in [-0.2, 0) is 11.3 Å². The number of carbonyl (C=O) groups is 2. The van der Waals surface area contributed by atoms with Crippen LogP contribution in [-0.4, -0.2) is 45.8 Å². The standard InChI is InChI=1S/C16H23F2N3O4/c1-4-7-19-16(23)20-14(22)10-21(2)9-11-5-6-12(25-15(17)18)13(8-11)24-3/h5-6,8,15H,4,7,9-10H2,1-3H3,(H2,19,20,22,23)/p+1. The zero-order valence-corrected chi connectivity index (χ0v) is 14.5. The highest BCUT2D eigenvalue weighted by molar-refractivity contribution is 5.94. The Labute approximate surface area is 145 Å². The lowest BCUT2D eigenvalue weighted by Crippen LogP contribution is -3.09. The molecular weight excluding hydrogens is 336 g/mol. The second-order valence-corrected chi connectivity index (χ2v) is 5.48. The number of urea groups is 1. The molecule has 9 heteroatoms. The Bertz CT molecular complexity index is 584. The SMILES string of the molecule is CCCNC(=O)NC(=O)C[NH+](C)Cc1ccc(OC(F)F)c(OC)c1. The van der Waals surface area contributed by atoms with Crippen molar-refractivity contribution < 1.29 is 32.7 Å². The van der Waals surface area contributed by atoms with E-state index in [9.17, 15) is 18.4 Å². The molecule has 1 rings (SSSR count). The molecule has 1 aromatic rings. The van der Waals surface area contributed by atoms with E-state index in [2.05, 4.69) is 15.4 Å². The Morgan fingerprint density at radius 2 is 2.00 bits per heavy atom. The minimum absolute atomic E-state index is 0.0516. The molecule has 0 aliphatic carbocycles. The fourth-order valence-corrected chi connectivity index (χ4v) is 2.15. The molecule has 0 saturated heterocycles. The summed E-state index contributed by atoms with van der Waals surface area (Å²) in [4.78, 5) is 24.0. The summed E-state index contributed by atoms with van der Waals surface area (Å²) in [5.74, 6) is -0.269. The van der Waals surface area contributed by atoms with E-state index >= 15 is 0 Å². The molecule has 25 heavy (non-hydrogen) atoms. The molecule has 140 valence electrons. The Balaban J connectivity index is 2.57. The van der Waals surface area contributed by atoms with E-state index in [-0.39, 0.29) is 18.0 Å². The molecule has 0 radical (unpaired) electrons. The first-order valence-corrected chi connectivity index (χ1v) is 7.86. The van der Waals surface area contributed by atoms with Crippen LogP contribution in [0, 0.1) is 0 Å². The largest absolute Gasteiger partial charge is 0.493 e. The van der Waals surface area contributed by atoms with Gasteiger partial charge in [-0.1, -0.05) is 6.92 Å². The fourth-order valence-electron chi connectivity index (χ4n) is 2.15. The van der Waals surface area contributed by atoms with Crippen LogP contribution in [0.15, 0.2) is 18.2 Å². The molecule has 3 N–H and O–H groups in total. The average molecular weight is 360 g/mol. The summed E-state index contributed by atoms with van der Waals surface area (Å²) >= 11 is 0. The van der Waals surface area contributed by atoms with Crippen molar-refractivity contribution >= 4 is 11.9 Å². The van der Waals surface area contributed by atoms with Gasteiger partial charge in [0.05, 0.1) is 14.2 Å². The summed E-state index contributed by atoms with van der Waals surface area (Å²) in [6, 6.07) is 4.07. The molecule has 1 atom stereocenters. The number of carbonyl (C=O) groups excluding carboxylic acids is 2. The number of likely N-dealkylation sites (N-methyl/N-ethyl adjacent to an activating group) is 1. The van der Waals surface area contributed by atoms with Gasteiger partial charge in [0, 0.05) is 12.1 Å². The first-order valence-electron chi connectivity index (χ1n) is 7.86. The predicted molar refractivity (Wildman–Crippen MR) is 86.9 cm³/mol. The first kappa shape index (κ1) is 20.6. The van der Waals surface area contributed by atoms with Crippen molar-refractivity contribution in [3.8, 4) is 11.5 Å². The molecule has 0 saturated carbocycles. The molecule has 7 nitrogen and oxygen atoms in total. The van der Waals surface area contributed by atoms with Gasteiger partial charge in [0.25, 0.3) is 5.91 Å². The number of halogens is 2. The highest BCUT2D eigenvalue weighted by atomic mass is 19.3. The smallest absolute Gasteiger partial charge is 0.387 e. The van der Waals surface area contributed by atoms with Crippen LogP contribution in [0.4, 0.5) is 13.6 Å². The Morgan fingerprint density at radius 3 is 2.60 bits per heavy atom. The van der Waals surface area contributed by atoms with Crippen LogP contribution in [0.1, 0.15) is 18.9 Å². The first-order chi connectivity index (χ1) is 11.8. The number of ether oxygens (including phenoxy) is 2. The molecule has 0 aliphatic heterocycles. The molecule has 1 unspecified atom stereocenters. The second-order valence-electron chi connectivity index (χ2n) is 5.48. The van der Waals surface area contributed by atoms with Gasteiger partial charge in [0.1, 0.15) is 6.54 Å². The number of alkyl halides is 2. The quantitative estimate of drug-likeness (QED) is 0.601. The van der Waals surface area contributed by atoms with Gasteiger partial charge >= 0.3 is 12.6 Å². The topological polar surface area (TPSA) is 81.1 Å². The van der Waals surface area contributed by atoms with Crippen molar-refractivity contribution in [2.45, 2.75) is 26.5 Å². The van der Waals surface area contributed by atoms with Crippen molar-refractivity contribution in [3.63, 3.8) is 0 Å². The fraction of sp³-hybridized carbons (Fsp3) is 0.500. The van der Waals surface area contributed by atoms with E-state index in [0.717, 1.165) is 16.9 Å². The van der Waals surface area contributed by atoms with Gasteiger partial charge in [-0.2, -0.15) is 8.78 Å². The normalized spacial score (nSPS) is 11.8. The molecule has 1 aromatic carbocycles. The third kappa shape index (κ3) is 7.79. The highest BCUT2D eigenvalue weighted by Gasteiger charge is 2.15. The van der Waals surface area contributed by atoms with Gasteiger partial charge in [-0.15, -0.1) is 0 Å². The number of rotatable bonds is 9. The lowest BCUT2D eigenvalue weighted by atomic mass is 10.2. The van der Waals surface area contributed by atoms with E-state index in [1.165, 1.54) is 13.2 Å². The number of imide groups is 1. The van der Waals surface area contributed by atoms with Crippen LogP contribution in [0.3, 0.4) is 0 Å². The van der Waals surface area contributed by atoms with Crippen LogP contribution in [0.25, 0.3) is 0 Å². The van der Waals surface area contributed by atoms with E-state index in [4.69, 9.17) is 4.74 Å². The Hall–Kier alpha value is -2.42. The number of nitrogens with one attached hydrogen (secondary N) is 3. The molecular formula is C16H24F2N3O4+. The van der Waals surface area contributed by atoms with Crippen LogP contribution in [0.5, 0.6) is 11.5 Å². The molecule has 0 heterocycles. The summed E-state index contributed by atoms with van der Waals surface area (Å²) in [5.41, 5.74) is 0.777. The van der Waals surface area contributed by atoms with Crippen molar-refractivity contribution in [1.29, 1.82) is 0 Å². The molecule has 0 spiro atoms. The Morgan fingerprint density at radius 1 is 1.28 bits per heavy atom. The maximum atomic E-state index is 12.3. The maximum absolute atomic E-state index is 12.3. The molecule has 0 fully saturated rings. The summed E-state index contributed by atoms with van der Waals surface area (Å²) in [6.07, 6.45) is 0.778. The summed E-state index contributed by atoms with van der Waals surface area (Å²) in [6.45, 7) is -0.0110. The zero-order chi connectivity index (χ0) is 18.8. The Kier molecular flexibility index (Phi) is 8.62. The van der Waals surface area contributed by atoms with Gasteiger partial charge in [0.2, 0.25) is 0 Å². The number of amides is 3. The second kappa shape index (κ2) is 10.4. The van der Waals surface area contributed by atoms with Crippen molar-refractivity contribution in [2.75, 3.05) is 27.2 Å². The third-order valence-electron chi connectivity index (χ3n) is 3.20. The molecule has 3 amide bonds. The van der Waals surface area contributed by atoms with Crippen LogP contribution >= 0.6 is 0 Å². The van der Waals surface area contributed by atoms with Gasteiger partial charge < -0.3 is 19.7 Å². The minimum atomic E-state index is -2.93. The number of benzene rings is 1. The molecule has 0 aliphatic rings. The van der Waals surface area contributed by atoms with E-state index < -0.39 is 18.5 Å². The average Bonchev–Trinajstić information content (AvgIpc) is 2.53. The number of methoxy groups -OCH3 is 1. The van der Waals surface area contributed by atoms with E-state index in [0.29, 0.717) is 13.1 Å². The van der Waals surface area contributed by atoms with E-state index in [1.54, 1.807) is 19.2 Å². The summed E-state index contributed by atoms with van der Waals surface area (Å²) in [5, 5.41) is 4.80. The van der Waals surface area contributed by atoms with E-state index in [1.807, 2.05) is 6.92 Å². The van der Waals surface area contributed by atoms with Gasteiger partial charge in [0.15, 0.2) is 18.0 Å². The highest BCUT2D eigenvalue weighted by Crippen LogP contribution is 2.29. The zero-order valence-electron chi connectivity index (χ0n) is 14.5.